The van der Waals surface area contributed by atoms with Gasteiger partial charge >= 0.3 is 5.97 Å². The standard InChI is InChI=1S/C24H23NO4/c1-16-19(14-18(22(26)28-3)13-17-9-5-4-6-10-17)15-29-24(16)20-11-7-8-12-21(20)25(2)23(24)27/h4-13H,14-15H2,1-3H3/b18-13-. The number of anilines is 1. The van der Waals surface area contributed by atoms with Crippen LogP contribution in [0.25, 0.3) is 6.08 Å². The van der Waals surface area contributed by atoms with Crippen LogP contribution in [0.15, 0.2) is 71.3 Å². The minimum absolute atomic E-state index is 0.0992. The van der Waals surface area contributed by atoms with Crippen LogP contribution >= 0.6 is 0 Å². The lowest BCUT2D eigenvalue weighted by Crippen LogP contribution is -2.39. The first-order valence-corrected chi connectivity index (χ1v) is 9.53. The van der Waals surface area contributed by atoms with E-state index >= 15 is 0 Å². The highest BCUT2D eigenvalue weighted by atomic mass is 16.5. The molecule has 2 heterocycles. The van der Waals surface area contributed by atoms with Gasteiger partial charge in [0.2, 0.25) is 0 Å². The maximum absolute atomic E-state index is 13.2. The second-order valence-corrected chi connectivity index (χ2v) is 7.33. The van der Waals surface area contributed by atoms with Crippen LogP contribution in [0.5, 0.6) is 0 Å². The number of benzene rings is 2. The molecule has 0 saturated heterocycles. The van der Waals surface area contributed by atoms with Crippen LogP contribution in [0.1, 0.15) is 24.5 Å². The number of likely N-dealkylation sites (N-methyl/N-ethyl adjacent to an activating group) is 1. The van der Waals surface area contributed by atoms with E-state index in [0.717, 1.165) is 28.0 Å². The van der Waals surface area contributed by atoms with Crippen LogP contribution in [0.3, 0.4) is 0 Å². The topological polar surface area (TPSA) is 55.8 Å². The van der Waals surface area contributed by atoms with Gasteiger partial charge in [0.25, 0.3) is 5.91 Å². The normalized spacial score (nSPS) is 21.1. The largest absolute Gasteiger partial charge is 0.466 e. The second-order valence-electron chi connectivity index (χ2n) is 7.33. The summed E-state index contributed by atoms with van der Waals surface area (Å²) in [6.07, 6.45) is 2.20. The van der Waals surface area contributed by atoms with Gasteiger partial charge in [-0.1, -0.05) is 48.5 Å². The van der Waals surface area contributed by atoms with E-state index in [1.165, 1.54) is 7.11 Å². The van der Waals surface area contributed by atoms with Crippen molar-refractivity contribution in [3.8, 4) is 0 Å². The Morgan fingerprint density at radius 3 is 2.59 bits per heavy atom. The van der Waals surface area contributed by atoms with Gasteiger partial charge in [0, 0.05) is 24.6 Å². The predicted octanol–water partition coefficient (Wildman–Crippen LogP) is 3.85. The van der Waals surface area contributed by atoms with E-state index in [9.17, 15) is 9.59 Å². The third-order valence-electron chi connectivity index (χ3n) is 5.76. The van der Waals surface area contributed by atoms with Crippen molar-refractivity contribution >= 4 is 23.6 Å². The third kappa shape index (κ3) is 2.98. The van der Waals surface area contributed by atoms with Crippen molar-refractivity contribution in [3.05, 3.63) is 82.4 Å². The van der Waals surface area contributed by atoms with Crippen LogP contribution in [0, 0.1) is 0 Å². The monoisotopic (exact) mass is 389 g/mol. The number of carbonyl (C=O) groups excluding carboxylic acids is 2. The van der Waals surface area contributed by atoms with Gasteiger partial charge in [-0.3, -0.25) is 4.79 Å². The van der Waals surface area contributed by atoms with Gasteiger partial charge < -0.3 is 14.4 Å². The fourth-order valence-corrected chi connectivity index (χ4v) is 4.16. The van der Waals surface area contributed by atoms with Crippen molar-refractivity contribution in [2.45, 2.75) is 18.9 Å². The van der Waals surface area contributed by atoms with E-state index in [1.807, 2.05) is 67.6 Å². The lowest BCUT2D eigenvalue weighted by atomic mass is 9.86. The number of hydrogen-bond acceptors (Lipinski definition) is 4. The van der Waals surface area contributed by atoms with Crippen molar-refractivity contribution in [2.24, 2.45) is 0 Å². The maximum atomic E-state index is 13.2. The number of rotatable bonds is 4. The Labute approximate surface area is 170 Å². The van der Waals surface area contributed by atoms with Crippen molar-refractivity contribution < 1.29 is 19.1 Å². The Hall–Kier alpha value is -3.18. The van der Waals surface area contributed by atoms with Gasteiger partial charge in [-0.25, -0.2) is 4.79 Å². The molecule has 29 heavy (non-hydrogen) atoms. The Balaban J connectivity index is 1.74. The SMILES string of the molecule is COC(=O)/C(=C\c1ccccc1)CC1=C(C)C2(OC1)C(=O)N(C)c1ccccc12. The minimum Gasteiger partial charge on any atom is -0.466 e. The van der Waals surface area contributed by atoms with E-state index in [1.54, 1.807) is 11.9 Å². The molecule has 2 aromatic rings. The number of fused-ring (bicyclic) bond motifs is 2. The molecule has 0 N–H and O–H groups in total. The molecule has 1 amide bonds. The summed E-state index contributed by atoms with van der Waals surface area (Å²) in [6.45, 7) is 2.22. The van der Waals surface area contributed by atoms with E-state index in [0.29, 0.717) is 18.6 Å². The molecule has 5 heteroatoms. The highest BCUT2D eigenvalue weighted by Gasteiger charge is 2.55. The first kappa shape index (κ1) is 19.2. The average Bonchev–Trinajstić information content (AvgIpc) is 3.19. The maximum Gasteiger partial charge on any atom is 0.334 e. The molecule has 2 aliphatic heterocycles. The molecule has 1 atom stereocenters. The predicted molar refractivity (Wildman–Crippen MR) is 111 cm³/mol. The zero-order valence-electron chi connectivity index (χ0n) is 16.8. The van der Waals surface area contributed by atoms with Crippen molar-refractivity contribution in [1.82, 2.24) is 0 Å². The molecule has 2 aliphatic rings. The number of esters is 1. The molecule has 0 saturated carbocycles. The van der Waals surface area contributed by atoms with E-state index < -0.39 is 5.60 Å². The second kappa shape index (κ2) is 7.33. The van der Waals surface area contributed by atoms with Gasteiger partial charge in [0.05, 0.1) is 19.4 Å². The Morgan fingerprint density at radius 1 is 1.17 bits per heavy atom. The van der Waals surface area contributed by atoms with Gasteiger partial charge in [0.1, 0.15) is 0 Å². The lowest BCUT2D eigenvalue weighted by molar-refractivity contribution is -0.136. The van der Waals surface area contributed by atoms with Crippen molar-refractivity contribution in [2.75, 3.05) is 25.7 Å². The van der Waals surface area contributed by atoms with Gasteiger partial charge in [-0.15, -0.1) is 0 Å². The van der Waals surface area contributed by atoms with Gasteiger partial charge in [-0.05, 0) is 35.8 Å². The van der Waals surface area contributed by atoms with Gasteiger partial charge in [0.15, 0.2) is 5.60 Å². The fourth-order valence-electron chi connectivity index (χ4n) is 4.16. The molecule has 1 unspecified atom stereocenters. The fraction of sp³-hybridized carbons (Fsp3) is 0.250. The van der Waals surface area contributed by atoms with Crippen molar-refractivity contribution in [3.63, 3.8) is 0 Å². The number of para-hydroxylation sites is 1. The molecule has 0 aromatic heterocycles. The molecule has 148 valence electrons. The summed E-state index contributed by atoms with van der Waals surface area (Å²) in [6, 6.07) is 17.3. The summed E-state index contributed by atoms with van der Waals surface area (Å²) < 4.78 is 11.2. The number of nitrogens with zero attached hydrogens (tertiary/aromatic N) is 1. The molecular formula is C24H23NO4. The summed E-state index contributed by atoms with van der Waals surface area (Å²) in [7, 11) is 3.14. The summed E-state index contributed by atoms with van der Waals surface area (Å²) in [5, 5.41) is 0. The molecule has 5 nitrogen and oxygen atoms in total. The Kier molecular flexibility index (Phi) is 4.84. The molecule has 2 aromatic carbocycles. The number of carbonyl (C=O) groups is 2. The molecular weight excluding hydrogens is 366 g/mol. The molecule has 1 spiro atoms. The van der Waals surface area contributed by atoms with Crippen LogP contribution in [-0.2, 0) is 24.7 Å². The molecule has 0 bridgehead atoms. The van der Waals surface area contributed by atoms with Crippen LogP contribution in [-0.4, -0.2) is 32.6 Å². The van der Waals surface area contributed by atoms with Gasteiger partial charge in [-0.2, -0.15) is 0 Å². The summed E-state index contributed by atoms with van der Waals surface area (Å²) in [4.78, 5) is 27.2. The number of methoxy groups -OCH3 is 1. The smallest absolute Gasteiger partial charge is 0.334 e. The highest BCUT2D eigenvalue weighted by molar-refractivity contribution is 6.09. The Bertz CT molecular complexity index is 1040. The minimum atomic E-state index is -1.10. The summed E-state index contributed by atoms with van der Waals surface area (Å²) in [5.41, 5.74) is 3.83. The van der Waals surface area contributed by atoms with Crippen LogP contribution in [0.4, 0.5) is 5.69 Å². The highest BCUT2D eigenvalue weighted by Crippen LogP contribution is 2.51. The average molecular weight is 389 g/mol. The van der Waals surface area contributed by atoms with Crippen LogP contribution in [0.2, 0.25) is 0 Å². The van der Waals surface area contributed by atoms with E-state index in [-0.39, 0.29) is 11.9 Å². The lowest BCUT2D eigenvalue weighted by Gasteiger charge is -2.24. The quantitative estimate of drug-likeness (QED) is 0.453. The first-order chi connectivity index (χ1) is 14.0. The molecule has 4 rings (SSSR count). The summed E-state index contributed by atoms with van der Waals surface area (Å²) >= 11 is 0. The molecule has 0 aliphatic carbocycles. The van der Waals surface area contributed by atoms with E-state index in [4.69, 9.17) is 9.47 Å². The zero-order chi connectivity index (χ0) is 20.6. The number of ether oxygens (including phenoxy) is 2. The Morgan fingerprint density at radius 2 is 1.86 bits per heavy atom. The van der Waals surface area contributed by atoms with Crippen LogP contribution < -0.4 is 4.90 Å². The van der Waals surface area contributed by atoms with E-state index in [2.05, 4.69) is 0 Å². The van der Waals surface area contributed by atoms with Crippen molar-refractivity contribution in [1.29, 1.82) is 0 Å². The zero-order valence-corrected chi connectivity index (χ0v) is 16.8. The first-order valence-electron chi connectivity index (χ1n) is 9.53. The molecule has 0 radical (unpaired) electrons. The summed E-state index contributed by atoms with van der Waals surface area (Å²) in [5.74, 6) is -0.483. The number of amides is 1. The number of hydrogen-bond donors (Lipinski definition) is 0. The molecule has 0 fully saturated rings. The third-order valence-corrected chi connectivity index (χ3v) is 5.76.